The highest BCUT2D eigenvalue weighted by Crippen LogP contribution is 2.51. The van der Waals surface area contributed by atoms with E-state index in [1.807, 2.05) is 0 Å². The molecule has 1 aromatic carbocycles. The van der Waals surface area contributed by atoms with Gasteiger partial charge in [-0.25, -0.2) is 0 Å². The Hall–Kier alpha value is -1.71. The minimum atomic E-state index is -0.554. The van der Waals surface area contributed by atoms with Crippen LogP contribution in [0.25, 0.3) is 0 Å². The molecule has 2 aliphatic rings. The molecule has 0 bridgehead atoms. The maximum atomic E-state index is 11.9. The molecule has 4 heteroatoms. The number of ketones is 1. The van der Waals surface area contributed by atoms with Gasteiger partial charge in [-0.2, -0.15) is 0 Å². The van der Waals surface area contributed by atoms with Gasteiger partial charge in [-0.1, -0.05) is 0 Å². The van der Waals surface area contributed by atoms with Crippen molar-refractivity contribution in [2.75, 3.05) is 12.8 Å². The number of nitrogen functional groups attached to an aromatic ring is 1. The van der Waals surface area contributed by atoms with Crippen molar-refractivity contribution in [3.05, 3.63) is 17.7 Å². The van der Waals surface area contributed by atoms with Crippen LogP contribution in [0.5, 0.6) is 11.5 Å². The standard InChI is InChI=1S/C11H11NO3/c1-14-9-5-8-6(4-7(9)12)10(13)11(15-8)2-3-11/h4-5H,2-3,12H2,1H3. The predicted molar refractivity (Wildman–Crippen MR) is 54.3 cm³/mol. The van der Waals surface area contributed by atoms with Crippen LogP contribution in [-0.2, 0) is 0 Å². The zero-order valence-electron chi connectivity index (χ0n) is 8.37. The highest BCUT2D eigenvalue weighted by atomic mass is 16.5. The molecule has 1 aliphatic carbocycles. The summed E-state index contributed by atoms with van der Waals surface area (Å²) in [6.07, 6.45) is 1.62. The van der Waals surface area contributed by atoms with Gasteiger partial charge in [0.2, 0.25) is 5.78 Å². The van der Waals surface area contributed by atoms with Gasteiger partial charge in [0.15, 0.2) is 5.60 Å². The smallest absolute Gasteiger partial charge is 0.210 e. The lowest BCUT2D eigenvalue weighted by atomic mass is 10.1. The van der Waals surface area contributed by atoms with Gasteiger partial charge in [0.25, 0.3) is 0 Å². The second-order valence-corrected chi connectivity index (χ2v) is 4.02. The van der Waals surface area contributed by atoms with Crippen molar-refractivity contribution in [1.29, 1.82) is 0 Å². The van der Waals surface area contributed by atoms with Crippen LogP contribution in [0.1, 0.15) is 23.2 Å². The molecule has 0 aromatic heterocycles. The van der Waals surface area contributed by atoms with Crippen LogP contribution in [0.15, 0.2) is 12.1 Å². The lowest BCUT2D eigenvalue weighted by Gasteiger charge is -2.06. The molecule has 1 saturated carbocycles. The Morgan fingerprint density at radius 2 is 2.20 bits per heavy atom. The molecular weight excluding hydrogens is 194 g/mol. The summed E-state index contributed by atoms with van der Waals surface area (Å²) in [7, 11) is 1.54. The van der Waals surface area contributed by atoms with Gasteiger partial charge < -0.3 is 15.2 Å². The number of benzene rings is 1. The zero-order valence-corrected chi connectivity index (χ0v) is 8.37. The Kier molecular flexibility index (Phi) is 1.40. The van der Waals surface area contributed by atoms with E-state index < -0.39 is 5.60 Å². The summed E-state index contributed by atoms with van der Waals surface area (Å²) in [5, 5.41) is 0. The van der Waals surface area contributed by atoms with Crippen LogP contribution in [0.3, 0.4) is 0 Å². The number of nitrogens with two attached hydrogens (primary N) is 1. The fourth-order valence-corrected chi connectivity index (χ4v) is 1.96. The minimum absolute atomic E-state index is 0.0619. The summed E-state index contributed by atoms with van der Waals surface area (Å²) in [5.41, 5.74) is 6.25. The molecule has 1 fully saturated rings. The first-order chi connectivity index (χ1) is 7.16. The lowest BCUT2D eigenvalue weighted by molar-refractivity contribution is 0.0820. The van der Waals surface area contributed by atoms with E-state index in [9.17, 15) is 4.79 Å². The second-order valence-electron chi connectivity index (χ2n) is 4.02. The van der Waals surface area contributed by atoms with Gasteiger partial charge in [-0.3, -0.25) is 4.79 Å². The molecule has 0 amide bonds. The van der Waals surface area contributed by atoms with E-state index in [4.69, 9.17) is 15.2 Å². The first-order valence-electron chi connectivity index (χ1n) is 4.88. The number of carbonyl (C=O) groups excluding carboxylic acids is 1. The number of fused-ring (bicyclic) bond motifs is 1. The van der Waals surface area contributed by atoms with E-state index in [1.54, 1.807) is 19.2 Å². The van der Waals surface area contributed by atoms with Crippen molar-refractivity contribution in [2.45, 2.75) is 18.4 Å². The van der Waals surface area contributed by atoms with Crippen molar-refractivity contribution >= 4 is 11.5 Å². The predicted octanol–water partition coefficient (Wildman–Crippen LogP) is 1.39. The first kappa shape index (κ1) is 8.59. The van der Waals surface area contributed by atoms with E-state index >= 15 is 0 Å². The van der Waals surface area contributed by atoms with Gasteiger partial charge in [0.1, 0.15) is 11.5 Å². The van der Waals surface area contributed by atoms with E-state index in [0.717, 1.165) is 12.8 Å². The molecule has 78 valence electrons. The Bertz CT molecular complexity index is 463. The van der Waals surface area contributed by atoms with Gasteiger partial charge in [0.05, 0.1) is 18.4 Å². The van der Waals surface area contributed by atoms with Crippen LogP contribution in [-0.4, -0.2) is 18.5 Å². The third kappa shape index (κ3) is 0.988. The average Bonchev–Trinajstić information content (AvgIpc) is 2.94. The van der Waals surface area contributed by atoms with Crippen molar-refractivity contribution in [3.63, 3.8) is 0 Å². The molecule has 1 spiro atoms. The van der Waals surface area contributed by atoms with Crippen molar-refractivity contribution in [1.82, 2.24) is 0 Å². The molecule has 15 heavy (non-hydrogen) atoms. The van der Waals surface area contributed by atoms with E-state index in [0.29, 0.717) is 22.7 Å². The van der Waals surface area contributed by atoms with Crippen molar-refractivity contribution < 1.29 is 14.3 Å². The fourth-order valence-electron chi connectivity index (χ4n) is 1.96. The van der Waals surface area contributed by atoms with Crippen LogP contribution in [0, 0.1) is 0 Å². The maximum absolute atomic E-state index is 11.9. The SMILES string of the molecule is COc1cc2c(cc1N)C(=O)C1(CC1)O2. The number of anilines is 1. The maximum Gasteiger partial charge on any atom is 0.210 e. The third-order valence-electron chi connectivity index (χ3n) is 3.00. The van der Waals surface area contributed by atoms with E-state index in [-0.39, 0.29) is 5.78 Å². The van der Waals surface area contributed by atoms with Crippen molar-refractivity contribution in [2.24, 2.45) is 0 Å². The first-order valence-corrected chi connectivity index (χ1v) is 4.88. The summed E-state index contributed by atoms with van der Waals surface area (Å²) >= 11 is 0. The molecule has 0 radical (unpaired) electrons. The zero-order chi connectivity index (χ0) is 10.6. The summed E-state index contributed by atoms with van der Waals surface area (Å²) < 4.78 is 10.7. The second kappa shape index (κ2) is 2.45. The average molecular weight is 205 g/mol. The van der Waals surface area contributed by atoms with Crippen LogP contribution >= 0.6 is 0 Å². The largest absolute Gasteiger partial charge is 0.494 e. The van der Waals surface area contributed by atoms with Crippen molar-refractivity contribution in [3.8, 4) is 11.5 Å². The molecule has 1 aromatic rings. The third-order valence-corrected chi connectivity index (χ3v) is 3.00. The molecular formula is C11H11NO3. The number of hydrogen-bond donors (Lipinski definition) is 1. The van der Waals surface area contributed by atoms with E-state index in [2.05, 4.69) is 0 Å². The van der Waals surface area contributed by atoms with Gasteiger partial charge in [-0.05, 0) is 18.9 Å². The quantitative estimate of drug-likeness (QED) is 0.703. The summed E-state index contributed by atoms with van der Waals surface area (Å²) in [6.45, 7) is 0. The van der Waals surface area contributed by atoms with Gasteiger partial charge in [0, 0.05) is 6.07 Å². The molecule has 0 saturated heterocycles. The van der Waals surface area contributed by atoms with Crippen LogP contribution < -0.4 is 15.2 Å². The number of methoxy groups -OCH3 is 1. The normalized spacial score (nSPS) is 19.9. The van der Waals surface area contributed by atoms with E-state index in [1.165, 1.54) is 0 Å². The summed E-state index contributed by atoms with van der Waals surface area (Å²) in [6, 6.07) is 3.33. The Morgan fingerprint density at radius 1 is 1.47 bits per heavy atom. The lowest BCUT2D eigenvalue weighted by Crippen LogP contribution is -2.21. The molecule has 3 rings (SSSR count). The number of ether oxygens (including phenoxy) is 2. The molecule has 1 aliphatic heterocycles. The number of rotatable bonds is 1. The highest BCUT2D eigenvalue weighted by molar-refractivity contribution is 6.10. The topological polar surface area (TPSA) is 61.5 Å². The summed E-state index contributed by atoms with van der Waals surface area (Å²) in [4.78, 5) is 11.9. The Labute approximate surface area is 87.0 Å². The number of carbonyl (C=O) groups is 1. The highest BCUT2D eigenvalue weighted by Gasteiger charge is 2.57. The minimum Gasteiger partial charge on any atom is -0.494 e. The van der Waals surface area contributed by atoms with Gasteiger partial charge in [-0.15, -0.1) is 0 Å². The molecule has 4 nitrogen and oxygen atoms in total. The molecule has 1 heterocycles. The fraction of sp³-hybridized carbons (Fsp3) is 0.364. The monoisotopic (exact) mass is 205 g/mol. The van der Waals surface area contributed by atoms with Crippen LogP contribution in [0.4, 0.5) is 5.69 Å². The summed E-state index contributed by atoms with van der Waals surface area (Å²) in [5.74, 6) is 1.22. The van der Waals surface area contributed by atoms with Crippen LogP contribution in [0.2, 0.25) is 0 Å². The molecule has 2 N–H and O–H groups in total. The Morgan fingerprint density at radius 3 is 2.80 bits per heavy atom. The number of hydrogen-bond acceptors (Lipinski definition) is 4. The molecule has 0 unspecified atom stereocenters. The molecule has 0 atom stereocenters. The Balaban J connectivity index is 2.14. The number of Topliss-reactive ketones (excluding diaryl/α,β-unsaturated/α-hetero) is 1. The van der Waals surface area contributed by atoms with Gasteiger partial charge >= 0.3 is 0 Å².